The van der Waals surface area contributed by atoms with Gasteiger partial charge in [0.1, 0.15) is 0 Å². The van der Waals surface area contributed by atoms with Gasteiger partial charge in [-0.2, -0.15) is 0 Å². The first-order chi connectivity index (χ1) is 12.5. The van der Waals surface area contributed by atoms with Crippen LogP contribution in [0, 0.1) is 0 Å². The van der Waals surface area contributed by atoms with Crippen LogP contribution in [0.2, 0.25) is 0 Å². The first-order valence-corrected chi connectivity index (χ1v) is 9.39. The predicted molar refractivity (Wildman–Crippen MR) is 108 cm³/mol. The number of nitrogens with zero attached hydrogens (tertiary/aromatic N) is 1. The van der Waals surface area contributed by atoms with Crippen LogP contribution in [0.4, 0.5) is 10.5 Å². The second kappa shape index (κ2) is 9.97. The lowest BCUT2D eigenvalue weighted by molar-refractivity contribution is -0.133. The third-order valence-corrected chi connectivity index (χ3v) is 4.39. The molecule has 0 saturated heterocycles. The zero-order chi connectivity index (χ0) is 18.9. The SMILES string of the molecule is CC(C)N(Cc1ccccc1)C(=O)CCNC(=O)Nc1ccc(Br)cc1. The van der Waals surface area contributed by atoms with Crippen LogP contribution in [0.3, 0.4) is 0 Å². The zero-order valence-corrected chi connectivity index (χ0v) is 16.6. The van der Waals surface area contributed by atoms with Gasteiger partial charge in [-0.3, -0.25) is 4.79 Å². The fraction of sp³-hybridized carbons (Fsp3) is 0.300. The van der Waals surface area contributed by atoms with E-state index in [-0.39, 0.29) is 24.4 Å². The molecule has 0 aliphatic carbocycles. The number of hydrogen-bond acceptors (Lipinski definition) is 2. The zero-order valence-electron chi connectivity index (χ0n) is 15.0. The second-order valence-electron chi connectivity index (χ2n) is 6.24. The maximum absolute atomic E-state index is 12.5. The number of carbonyl (C=O) groups excluding carboxylic acids is 2. The van der Waals surface area contributed by atoms with Crippen molar-refractivity contribution in [3.63, 3.8) is 0 Å². The largest absolute Gasteiger partial charge is 0.337 e. The molecule has 2 N–H and O–H groups in total. The molecule has 0 spiro atoms. The minimum Gasteiger partial charge on any atom is -0.337 e. The second-order valence-corrected chi connectivity index (χ2v) is 7.15. The van der Waals surface area contributed by atoms with E-state index in [1.165, 1.54) is 0 Å². The predicted octanol–water partition coefficient (Wildman–Crippen LogP) is 4.40. The van der Waals surface area contributed by atoms with Crippen LogP contribution in [0.1, 0.15) is 25.8 Å². The van der Waals surface area contributed by atoms with E-state index in [0.717, 1.165) is 10.0 Å². The minimum absolute atomic E-state index is 0.0211. The number of benzene rings is 2. The monoisotopic (exact) mass is 417 g/mol. The van der Waals surface area contributed by atoms with Gasteiger partial charge in [-0.05, 0) is 43.7 Å². The molecule has 0 bridgehead atoms. The molecular formula is C20H24BrN3O2. The number of urea groups is 1. The summed E-state index contributed by atoms with van der Waals surface area (Å²) in [5, 5.41) is 5.46. The van der Waals surface area contributed by atoms with Crippen LogP contribution in [-0.4, -0.2) is 29.4 Å². The average Bonchev–Trinajstić information content (AvgIpc) is 2.62. The summed E-state index contributed by atoms with van der Waals surface area (Å²) in [5.41, 5.74) is 1.79. The number of amides is 3. The van der Waals surface area contributed by atoms with E-state index in [1.807, 2.05) is 61.2 Å². The molecule has 0 saturated carbocycles. The van der Waals surface area contributed by atoms with Gasteiger partial charge in [-0.15, -0.1) is 0 Å². The molecule has 0 heterocycles. The van der Waals surface area contributed by atoms with Gasteiger partial charge in [-0.25, -0.2) is 4.79 Å². The van der Waals surface area contributed by atoms with E-state index in [9.17, 15) is 9.59 Å². The fourth-order valence-corrected chi connectivity index (χ4v) is 2.74. The summed E-state index contributed by atoms with van der Waals surface area (Å²) in [6.45, 7) is 4.85. The van der Waals surface area contributed by atoms with E-state index >= 15 is 0 Å². The van der Waals surface area contributed by atoms with Gasteiger partial charge in [0.25, 0.3) is 0 Å². The van der Waals surface area contributed by atoms with Gasteiger partial charge in [0, 0.05) is 35.7 Å². The summed E-state index contributed by atoms with van der Waals surface area (Å²) in [6.07, 6.45) is 0.263. The Morgan fingerprint density at radius 2 is 1.69 bits per heavy atom. The van der Waals surface area contributed by atoms with E-state index in [1.54, 1.807) is 12.1 Å². The molecule has 6 heteroatoms. The number of halogens is 1. The van der Waals surface area contributed by atoms with Gasteiger partial charge < -0.3 is 15.5 Å². The summed E-state index contributed by atoms with van der Waals surface area (Å²) in [5.74, 6) is 0.0211. The first kappa shape index (κ1) is 20.0. The van der Waals surface area contributed by atoms with Gasteiger partial charge in [0.05, 0.1) is 0 Å². The highest BCUT2D eigenvalue weighted by atomic mass is 79.9. The summed E-state index contributed by atoms with van der Waals surface area (Å²) < 4.78 is 0.946. The molecule has 2 aromatic carbocycles. The maximum atomic E-state index is 12.5. The third-order valence-electron chi connectivity index (χ3n) is 3.87. The molecule has 0 unspecified atom stereocenters. The average molecular weight is 418 g/mol. The molecule has 2 rings (SSSR count). The van der Waals surface area contributed by atoms with Gasteiger partial charge >= 0.3 is 6.03 Å². The summed E-state index contributed by atoms with van der Waals surface area (Å²) in [4.78, 5) is 26.3. The van der Waals surface area contributed by atoms with Crippen LogP contribution in [0.25, 0.3) is 0 Å². The van der Waals surface area contributed by atoms with Crippen molar-refractivity contribution < 1.29 is 9.59 Å². The molecule has 0 aliphatic rings. The number of nitrogens with one attached hydrogen (secondary N) is 2. The van der Waals surface area contributed by atoms with Gasteiger partial charge in [0.2, 0.25) is 5.91 Å². The topological polar surface area (TPSA) is 61.4 Å². The Kier molecular flexibility index (Phi) is 7.66. The Morgan fingerprint density at radius 3 is 2.31 bits per heavy atom. The molecular weight excluding hydrogens is 394 g/mol. The quantitative estimate of drug-likeness (QED) is 0.700. The lowest BCUT2D eigenvalue weighted by atomic mass is 10.1. The van der Waals surface area contributed by atoms with Crippen molar-refractivity contribution in [2.75, 3.05) is 11.9 Å². The Morgan fingerprint density at radius 1 is 1.04 bits per heavy atom. The highest BCUT2D eigenvalue weighted by Crippen LogP contribution is 2.14. The van der Waals surface area contributed by atoms with Crippen molar-refractivity contribution in [1.29, 1.82) is 0 Å². The number of anilines is 1. The molecule has 0 atom stereocenters. The molecule has 2 aromatic rings. The summed E-state index contributed by atoms with van der Waals surface area (Å²) >= 11 is 3.35. The van der Waals surface area contributed by atoms with E-state index in [0.29, 0.717) is 18.8 Å². The molecule has 138 valence electrons. The Labute approximate surface area is 162 Å². The highest BCUT2D eigenvalue weighted by molar-refractivity contribution is 9.10. The summed E-state index contributed by atoms with van der Waals surface area (Å²) in [6, 6.07) is 17.0. The highest BCUT2D eigenvalue weighted by Gasteiger charge is 2.17. The van der Waals surface area contributed by atoms with Crippen molar-refractivity contribution in [3.05, 3.63) is 64.6 Å². The molecule has 3 amide bonds. The van der Waals surface area contributed by atoms with Crippen molar-refractivity contribution in [2.24, 2.45) is 0 Å². The van der Waals surface area contributed by atoms with Gasteiger partial charge in [0.15, 0.2) is 0 Å². The van der Waals surface area contributed by atoms with Gasteiger partial charge in [-0.1, -0.05) is 46.3 Å². The number of rotatable bonds is 7. The third kappa shape index (κ3) is 6.52. The van der Waals surface area contributed by atoms with E-state index in [2.05, 4.69) is 26.6 Å². The smallest absolute Gasteiger partial charge is 0.319 e. The Balaban J connectivity index is 1.80. The van der Waals surface area contributed by atoms with E-state index < -0.39 is 0 Å². The minimum atomic E-state index is -0.320. The molecule has 26 heavy (non-hydrogen) atoms. The number of hydrogen-bond donors (Lipinski definition) is 2. The number of carbonyl (C=O) groups is 2. The lowest BCUT2D eigenvalue weighted by Gasteiger charge is -2.27. The molecule has 0 aliphatic heterocycles. The molecule has 0 radical (unpaired) electrons. The first-order valence-electron chi connectivity index (χ1n) is 8.59. The lowest BCUT2D eigenvalue weighted by Crippen LogP contribution is -2.39. The van der Waals surface area contributed by atoms with E-state index in [4.69, 9.17) is 0 Å². The maximum Gasteiger partial charge on any atom is 0.319 e. The van der Waals surface area contributed by atoms with Crippen molar-refractivity contribution in [3.8, 4) is 0 Å². The Bertz CT molecular complexity index is 718. The normalized spacial score (nSPS) is 10.5. The van der Waals surface area contributed by atoms with Crippen LogP contribution in [-0.2, 0) is 11.3 Å². The standard InChI is InChI=1S/C20H24BrN3O2/c1-15(2)24(14-16-6-4-3-5-7-16)19(25)12-13-22-20(26)23-18-10-8-17(21)9-11-18/h3-11,15H,12-14H2,1-2H3,(H2,22,23,26). The van der Waals surface area contributed by atoms with Crippen LogP contribution >= 0.6 is 15.9 Å². The van der Waals surface area contributed by atoms with Crippen molar-refractivity contribution in [2.45, 2.75) is 32.9 Å². The van der Waals surface area contributed by atoms with Crippen LogP contribution in [0.5, 0.6) is 0 Å². The van der Waals surface area contributed by atoms with Crippen molar-refractivity contribution in [1.82, 2.24) is 10.2 Å². The van der Waals surface area contributed by atoms with Crippen LogP contribution in [0.15, 0.2) is 59.1 Å². The van der Waals surface area contributed by atoms with Crippen LogP contribution < -0.4 is 10.6 Å². The Hall–Kier alpha value is -2.34. The molecule has 5 nitrogen and oxygen atoms in total. The fourth-order valence-electron chi connectivity index (χ4n) is 2.47. The summed E-state index contributed by atoms with van der Waals surface area (Å²) in [7, 11) is 0. The van der Waals surface area contributed by atoms with Crippen molar-refractivity contribution >= 4 is 33.6 Å². The molecule has 0 aromatic heterocycles. The molecule has 0 fully saturated rings.